The minimum absolute atomic E-state index is 0.0428. The highest BCUT2D eigenvalue weighted by Crippen LogP contribution is 2.23. The van der Waals surface area contributed by atoms with Crippen LogP contribution in [0.2, 0.25) is 0 Å². The molecule has 0 saturated heterocycles. The van der Waals surface area contributed by atoms with Crippen molar-refractivity contribution in [3.63, 3.8) is 0 Å². The molecule has 0 spiro atoms. The molecule has 0 aromatic heterocycles. The predicted molar refractivity (Wildman–Crippen MR) is 151 cm³/mol. The molecule has 0 bridgehead atoms. The Morgan fingerprint density at radius 3 is 2.17 bits per heavy atom. The van der Waals surface area contributed by atoms with Crippen molar-refractivity contribution in [3.8, 4) is 0 Å². The number of aryl methyl sites for hydroxylation is 1. The second-order valence-electron chi connectivity index (χ2n) is 11.6. The van der Waals surface area contributed by atoms with Crippen LogP contribution in [0.5, 0.6) is 0 Å². The van der Waals surface area contributed by atoms with Gasteiger partial charge < -0.3 is 20.5 Å². The fourth-order valence-electron chi connectivity index (χ4n) is 4.28. The van der Waals surface area contributed by atoms with Crippen LogP contribution in [0.25, 0.3) is 0 Å². The van der Waals surface area contributed by atoms with Gasteiger partial charge in [-0.15, -0.1) is 0 Å². The van der Waals surface area contributed by atoms with Gasteiger partial charge >= 0.3 is 11.9 Å². The summed E-state index contributed by atoms with van der Waals surface area (Å²) < 4.78 is 5.48. The van der Waals surface area contributed by atoms with E-state index in [4.69, 9.17) is 9.84 Å². The number of imide groups is 1. The molecule has 0 saturated carbocycles. The number of unbranched alkanes of at least 4 members (excludes halogenated alkanes) is 1. The second-order valence-corrected chi connectivity index (χ2v) is 11.6. The van der Waals surface area contributed by atoms with Crippen LogP contribution in [0.1, 0.15) is 71.9 Å². The van der Waals surface area contributed by atoms with E-state index in [0.717, 1.165) is 28.2 Å². The highest BCUT2D eigenvalue weighted by atomic mass is 16.5. The maximum Gasteiger partial charge on any atom is 0.311 e. The third-order valence-electron chi connectivity index (χ3n) is 6.73. The molecule has 1 aliphatic rings. The van der Waals surface area contributed by atoms with Crippen molar-refractivity contribution >= 4 is 41.3 Å². The number of ether oxygens (including phenoxy) is 1. The van der Waals surface area contributed by atoms with E-state index in [2.05, 4.69) is 10.6 Å². The molecule has 1 heterocycles. The van der Waals surface area contributed by atoms with Crippen LogP contribution in [0.15, 0.2) is 30.4 Å². The number of nitrogens with one attached hydrogen (secondary N) is 2. The summed E-state index contributed by atoms with van der Waals surface area (Å²) in [5.74, 6) is -4.03. The maximum atomic E-state index is 13.2. The fraction of sp³-hybridized carbons (Fsp3) is 0.533. The van der Waals surface area contributed by atoms with E-state index in [-0.39, 0.29) is 30.8 Å². The minimum Gasteiger partial charge on any atom is -0.481 e. The normalized spacial score (nSPS) is 14.7. The number of benzene rings is 1. The standard InChI is InChI=1S/C30H41N3O8/c1-18(2)27(32-23(34)16-33-24(35)13-14-25(33)36)19(3)28(39)31-22-12-11-21(17-41-29(40)30(4,5)6)20(15-22)9-7-8-10-26(37)38/h11-15,18-19,27H,7-10,16-17H2,1-6H3,(H,31,39)(H,32,34)(H,37,38)/t19-,27+/m1/s1. The topological polar surface area (TPSA) is 159 Å². The van der Waals surface area contributed by atoms with Crippen LogP contribution in [0.3, 0.4) is 0 Å². The van der Waals surface area contributed by atoms with Crippen molar-refractivity contribution in [1.82, 2.24) is 10.2 Å². The minimum atomic E-state index is -0.874. The number of carbonyl (C=O) groups excluding carboxylic acids is 5. The van der Waals surface area contributed by atoms with Gasteiger partial charge in [0.25, 0.3) is 11.8 Å². The summed E-state index contributed by atoms with van der Waals surface area (Å²) in [5.41, 5.74) is 1.43. The SMILES string of the molecule is CC(C)[C@H](NC(=O)CN1C(=O)C=CC1=O)[C@@H](C)C(=O)Nc1ccc(COC(=O)C(C)(C)C)c(CCCCC(=O)O)c1. The molecule has 0 radical (unpaired) electrons. The molecule has 0 unspecified atom stereocenters. The van der Waals surface area contributed by atoms with Crippen molar-refractivity contribution in [1.29, 1.82) is 0 Å². The van der Waals surface area contributed by atoms with Crippen molar-refractivity contribution in [2.75, 3.05) is 11.9 Å². The number of aliphatic carboxylic acids is 1. The second kappa shape index (κ2) is 14.6. The number of hydrogen-bond acceptors (Lipinski definition) is 7. The van der Waals surface area contributed by atoms with Crippen molar-refractivity contribution in [2.24, 2.45) is 17.3 Å². The highest BCUT2D eigenvalue weighted by molar-refractivity contribution is 6.14. The molecule has 224 valence electrons. The molecule has 1 aromatic rings. The van der Waals surface area contributed by atoms with Gasteiger partial charge in [-0.1, -0.05) is 26.8 Å². The lowest BCUT2D eigenvalue weighted by Crippen LogP contribution is -2.50. The average molecular weight is 572 g/mol. The molecule has 4 amide bonds. The Morgan fingerprint density at radius 1 is 0.976 bits per heavy atom. The zero-order valence-electron chi connectivity index (χ0n) is 24.6. The first kappa shape index (κ1) is 33.2. The zero-order valence-corrected chi connectivity index (χ0v) is 24.6. The quantitative estimate of drug-likeness (QED) is 0.174. The molecule has 1 aliphatic heterocycles. The third-order valence-corrected chi connectivity index (χ3v) is 6.73. The zero-order chi connectivity index (χ0) is 30.9. The van der Waals surface area contributed by atoms with Crippen LogP contribution in [0.4, 0.5) is 5.69 Å². The summed E-state index contributed by atoms with van der Waals surface area (Å²) in [6.07, 6.45) is 3.85. The van der Waals surface area contributed by atoms with Crippen LogP contribution >= 0.6 is 0 Å². The van der Waals surface area contributed by atoms with E-state index in [1.54, 1.807) is 45.9 Å². The van der Waals surface area contributed by atoms with Gasteiger partial charge in [0.15, 0.2) is 0 Å². The number of carboxylic acid groups (broad SMARTS) is 1. The molecular formula is C30H41N3O8. The van der Waals surface area contributed by atoms with Crippen molar-refractivity contribution < 1.29 is 38.6 Å². The van der Waals surface area contributed by atoms with E-state index in [1.165, 1.54) is 0 Å². The van der Waals surface area contributed by atoms with E-state index < -0.39 is 47.6 Å². The van der Waals surface area contributed by atoms with Gasteiger partial charge in [0, 0.05) is 30.3 Å². The Labute approximate surface area is 240 Å². The molecule has 0 fully saturated rings. The lowest BCUT2D eigenvalue weighted by molar-refractivity contribution is -0.154. The number of carboxylic acids is 1. The largest absolute Gasteiger partial charge is 0.481 e. The predicted octanol–water partition coefficient (Wildman–Crippen LogP) is 3.21. The Balaban J connectivity index is 2.13. The lowest BCUT2D eigenvalue weighted by atomic mass is 9.90. The summed E-state index contributed by atoms with van der Waals surface area (Å²) in [6, 6.07) is 4.68. The lowest BCUT2D eigenvalue weighted by Gasteiger charge is -2.28. The molecule has 2 rings (SSSR count). The average Bonchev–Trinajstić information content (AvgIpc) is 3.19. The molecule has 2 atom stereocenters. The first-order chi connectivity index (χ1) is 19.1. The van der Waals surface area contributed by atoms with E-state index in [9.17, 15) is 28.8 Å². The number of carbonyl (C=O) groups is 6. The number of amides is 4. The third kappa shape index (κ3) is 10.1. The summed E-state index contributed by atoms with van der Waals surface area (Å²) in [5, 5.41) is 14.6. The number of nitrogens with zero attached hydrogens (tertiary/aromatic N) is 1. The smallest absolute Gasteiger partial charge is 0.311 e. The highest BCUT2D eigenvalue weighted by Gasteiger charge is 2.31. The molecule has 1 aromatic carbocycles. The first-order valence-corrected chi connectivity index (χ1v) is 13.7. The molecule has 41 heavy (non-hydrogen) atoms. The molecule has 11 heteroatoms. The maximum absolute atomic E-state index is 13.2. The molecule has 11 nitrogen and oxygen atoms in total. The van der Waals surface area contributed by atoms with Crippen molar-refractivity contribution in [2.45, 2.75) is 79.9 Å². The Bertz CT molecular complexity index is 1180. The van der Waals surface area contributed by atoms with E-state index in [0.29, 0.717) is 24.9 Å². The van der Waals surface area contributed by atoms with Crippen LogP contribution in [0, 0.1) is 17.3 Å². The van der Waals surface area contributed by atoms with Gasteiger partial charge in [-0.05, 0) is 69.2 Å². The molecule has 0 aliphatic carbocycles. The van der Waals surface area contributed by atoms with Crippen LogP contribution in [-0.2, 0) is 46.5 Å². The van der Waals surface area contributed by atoms with Crippen LogP contribution < -0.4 is 10.6 Å². The fourth-order valence-corrected chi connectivity index (χ4v) is 4.28. The van der Waals surface area contributed by atoms with Gasteiger partial charge in [-0.2, -0.15) is 0 Å². The first-order valence-electron chi connectivity index (χ1n) is 13.7. The Morgan fingerprint density at radius 2 is 1.61 bits per heavy atom. The van der Waals surface area contributed by atoms with Gasteiger partial charge in [-0.3, -0.25) is 33.7 Å². The van der Waals surface area contributed by atoms with Gasteiger partial charge in [0.2, 0.25) is 11.8 Å². The van der Waals surface area contributed by atoms with E-state index in [1.807, 2.05) is 13.8 Å². The number of anilines is 1. The summed E-state index contributed by atoms with van der Waals surface area (Å²) in [7, 11) is 0. The Kier molecular flexibility index (Phi) is 11.8. The summed E-state index contributed by atoms with van der Waals surface area (Å²) in [4.78, 5) is 73.4. The summed E-state index contributed by atoms with van der Waals surface area (Å²) >= 11 is 0. The molecular weight excluding hydrogens is 530 g/mol. The van der Waals surface area contributed by atoms with Gasteiger partial charge in [-0.25, -0.2) is 0 Å². The van der Waals surface area contributed by atoms with Crippen LogP contribution in [-0.4, -0.2) is 58.2 Å². The monoisotopic (exact) mass is 571 g/mol. The number of rotatable bonds is 14. The number of esters is 1. The Hall–Kier alpha value is -4.02. The van der Waals surface area contributed by atoms with Gasteiger partial charge in [0.05, 0.1) is 11.3 Å². The number of hydrogen-bond donors (Lipinski definition) is 3. The summed E-state index contributed by atoms with van der Waals surface area (Å²) in [6.45, 7) is 10.3. The van der Waals surface area contributed by atoms with Crippen molar-refractivity contribution in [3.05, 3.63) is 41.5 Å². The molecule has 3 N–H and O–H groups in total. The van der Waals surface area contributed by atoms with Gasteiger partial charge in [0.1, 0.15) is 13.2 Å². The van der Waals surface area contributed by atoms with E-state index >= 15 is 0 Å².